The second-order valence-electron chi connectivity index (χ2n) is 8.12. The highest BCUT2D eigenvalue weighted by Gasteiger charge is 2.24. The SMILES string of the molecule is O=C(NCCS(=O)(=O)N1CCOCC1)c1cc(-c2ccccc2)nc2c1cnn2Cc1ccco1. The predicted molar refractivity (Wildman–Crippen MR) is 129 cm³/mol. The summed E-state index contributed by atoms with van der Waals surface area (Å²) in [6.45, 7) is 1.77. The average Bonchev–Trinajstić information content (AvgIpc) is 3.55. The van der Waals surface area contributed by atoms with Crippen LogP contribution in [0.15, 0.2) is 65.4 Å². The standard InChI is InChI=1S/C24H25N5O5S/c30-24(25-8-14-35(31,32)28-9-12-33-13-10-28)20-15-22(18-5-2-1-3-6-18)27-23-21(20)16-26-29(23)17-19-7-4-11-34-19/h1-7,11,15-16H,8-10,12-14,17H2,(H,25,30). The van der Waals surface area contributed by atoms with Crippen molar-refractivity contribution in [3.05, 3.63) is 72.3 Å². The highest BCUT2D eigenvalue weighted by molar-refractivity contribution is 7.89. The van der Waals surface area contributed by atoms with Crippen molar-refractivity contribution in [1.82, 2.24) is 24.4 Å². The highest BCUT2D eigenvalue weighted by Crippen LogP contribution is 2.25. The summed E-state index contributed by atoms with van der Waals surface area (Å²) in [5, 5.41) is 7.76. The summed E-state index contributed by atoms with van der Waals surface area (Å²) in [7, 11) is -3.48. The topological polar surface area (TPSA) is 120 Å². The molecule has 1 aliphatic heterocycles. The van der Waals surface area contributed by atoms with Crippen LogP contribution in [-0.2, 0) is 21.3 Å². The molecule has 0 aliphatic carbocycles. The van der Waals surface area contributed by atoms with Crippen molar-refractivity contribution in [1.29, 1.82) is 0 Å². The number of rotatable bonds is 8. The van der Waals surface area contributed by atoms with Crippen LogP contribution in [0.25, 0.3) is 22.3 Å². The lowest BCUT2D eigenvalue weighted by Gasteiger charge is -2.26. The molecule has 0 bridgehead atoms. The molecule has 4 aromatic rings. The molecule has 11 heteroatoms. The van der Waals surface area contributed by atoms with Crippen LogP contribution < -0.4 is 5.32 Å². The Morgan fingerprint density at radius 2 is 1.89 bits per heavy atom. The molecule has 5 rings (SSSR count). The molecule has 0 spiro atoms. The van der Waals surface area contributed by atoms with Crippen LogP contribution in [0.3, 0.4) is 0 Å². The minimum atomic E-state index is -3.48. The van der Waals surface area contributed by atoms with E-state index in [2.05, 4.69) is 10.4 Å². The first-order chi connectivity index (χ1) is 17.0. The van der Waals surface area contributed by atoms with E-state index in [4.69, 9.17) is 14.1 Å². The Bertz CT molecular complexity index is 1410. The Kier molecular flexibility index (Phi) is 6.62. The van der Waals surface area contributed by atoms with Gasteiger partial charge in [-0.1, -0.05) is 30.3 Å². The number of ether oxygens (including phenoxy) is 1. The van der Waals surface area contributed by atoms with Crippen LogP contribution >= 0.6 is 0 Å². The van der Waals surface area contributed by atoms with Gasteiger partial charge in [0, 0.05) is 25.2 Å². The van der Waals surface area contributed by atoms with Crippen molar-refractivity contribution in [2.24, 2.45) is 0 Å². The van der Waals surface area contributed by atoms with Gasteiger partial charge in [0.25, 0.3) is 5.91 Å². The first kappa shape index (κ1) is 23.2. The van der Waals surface area contributed by atoms with E-state index in [1.165, 1.54) is 4.31 Å². The van der Waals surface area contributed by atoms with Gasteiger partial charge in [0.1, 0.15) is 12.3 Å². The van der Waals surface area contributed by atoms with E-state index in [-0.39, 0.29) is 18.2 Å². The van der Waals surface area contributed by atoms with Gasteiger partial charge < -0.3 is 14.5 Å². The zero-order chi connectivity index (χ0) is 24.3. The number of hydrogen-bond acceptors (Lipinski definition) is 7. The zero-order valence-corrected chi connectivity index (χ0v) is 19.8. The third-order valence-corrected chi connectivity index (χ3v) is 7.69. The zero-order valence-electron chi connectivity index (χ0n) is 19.0. The van der Waals surface area contributed by atoms with Crippen molar-refractivity contribution in [2.75, 3.05) is 38.6 Å². The smallest absolute Gasteiger partial charge is 0.252 e. The minimum absolute atomic E-state index is 0.0104. The molecule has 0 unspecified atom stereocenters. The van der Waals surface area contributed by atoms with Crippen LogP contribution in [0, 0.1) is 0 Å². The van der Waals surface area contributed by atoms with E-state index < -0.39 is 10.0 Å². The van der Waals surface area contributed by atoms with Gasteiger partial charge in [-0.05, 0) is 18.2 Å². The van der Waals surface area contributed by atoms with Crippen LogP contribution in [0.4, 0.5) is 0 Å². The van der Waals surface area contributed by atoms with Crippen molar-refractivity contribution in [3.63, 3.8) is 0 Å². The summed E-state index contributed by atoms with van der Waals surface area (Å²) < 4.78 is 38.9. The van der Waals surface area contributed by atoms with E-state index in [1.54, 1.807) is 29.3 Å². The molecule has 1 fully saturated rings. The Morgan fingerprint density at radius 1 is 1.09 bits per heavy atom. The molecular weight excluding hydrogens is 470 g/mol. The molecule has 1 aromatic carbocycles. The monoisotopic (exact) mass is 495 g/mol. The number of benzene rings is 1. The molecule has 0 radical (unpaired) electrons. The van der Waals surface area contributed by atoms with Crippen molar-refractivity contribution in [2.45, 2.75) is 6.54 Å². The highest BCUT2D eigenvalue weighted by atomic mass is 32.2. The predicted octanol–water partition coefficient (Wildman–Crippen LogP) is 2.13. The fourth-order valence-electron chi connectivity index (χ4n) is 4.00. The molecule has 4 heterocycles. The maximum Gasteiger partial charge on any atom is 0.252 e. The van der Waals surface area contributed by atoms with Gasteiger partial charge in [0.2, 0.25) is 10.0 Å². The summed E-state index contributed by atoms with van der Waals surface area (Å²) in [6.07, 6.45) is 3.19. The molecule has 1 N–H and O–H groups in total. The number of carbonyl (C=O) groups excluding carboxylic acids is 1. The second kappa shape index (κ2) is 9.98. The molecular formula is C24H25N5O5S. The lowest BCUT2D eigenvalue weighted by Crippen LogP contribution is -2.43. The quantitative estimate of drug-likeness (QED) is 0.398. The van der Waals surface area contributed by atoms with Gasteiger partial charge in [-0.3, -0.25) is 4.79 Å². The Labute approximate surface area is 202 Å². The summed E-state index contributed by atoms with van der Waals surface area (Å²) in [5.41, 5.74) is 2.38. The Balaban J connectivity index is 1.41. The first-order valence-corrected chi connectivity index (χ1v) is 12.9. The average molecular weight is 496 g/mol. The third kappa shape index (κ3) is 5.11. The van der Waals surface area contributed by atoms with Gasteiger partial charge in [0.05, 0.1) is 48.1 Å². The molecule has 3 aromatic heterocycles. The van der Waals surface area contributed by atoms with Gasteiger partial charge in [-0.15, -0.1) is 0 Å². The van der Waals surface area contributed by atoms with Crippen LogP contribution in [0.5, 0.6) is 0 Å². The number of fused-ring (bicyclic) bond motifs is 1. The van der Waals surface area contributed by atoms with Gasteiger partial charge in [-0.2, -0.15) is 9.40 Å². The second-order valence-corrected chi connectivity index (χ2v) is 10.2. The first-order valence-electron chi connectivity index (χ1n) is 11.3. The molecule has 35 heavy (non-hydrogen) atoms. The van der Waals surface area contributed by atoms with Crippen molar-refractivity contribution >= 4 is 27.0 Å². The van der Waals surface area contributed by atoms with E-state index in [1.807, 2.05) is 36.4 Å². The molecule has 182 valence electrons. The number of pyridine rings is 1. The maximum absolute atomic E-state index is 13.2. The third-order valence-electron chi connectivity index (χ3n) is 5.82. The van der Waals surface area contributed by atoms with E-state index in [0.29, 0.717) is 60.9 Å². The van der Waals surface area contributed by atoms with Gasteiger partial charge in [-0.25, -0.2) is 18.1 Å². The Hall–Kier alpha value is -3.54. The normalized spacial score (nSPS) is 14.9. The van der Waals surface area contributed by atoms with Crippen LogP contribution in [-0.4, -0.2) is 72.0 Å². The van der Waals surface area contributed by atoms with E-state index >= 15 is 0 Å². The number of aromatic nitrogens is 3. The summed E-state index contributed by atoms with van der Waals surface area (Å²) in [6, 6.07) is 14.9. The Morgan fingerprint density at radius 3 is 2.63 bits per heavy atom. The lowest BCUT2D eigenvalue weighted by molar-refractivity contribution is 0.0730. The number of amides is 1. The van der Waals surface area contributed by atoms with E-state index in [9.17, 15) is 13.2 Å². The molecule has 10 nitrogen and oxygen atoms in total. The van der Waals surface area contributed by atoms with Gasteiger partial charge in [0.15, 0.2) is 5.65 Å². The molecule has 1 amide bonds. The van der Waals surface area contributed by atoms with Crippen molar-refractivity contribution in [3.8, 4) is 11.3 Å². The molecule has 0 saturated carbocycles. The number of morpholine rings is 1. The number of hydrogen-bond donors (Lipinski definition) is 1. The fourth-order valence-corrected chi connectivity index (χ4v) is 5.32. The maximum atomic E-state index is 13.2. The largest absolute Gasteiger partial charge is 0.467 e. The number of sulfonamides is 1. The van der Waals surface area contributed by atoms with Crippen LogP contribution in [0.1, 0.15) is 16.1 Å². The van der Waals surface area contributed by atoms with E-state index in [0.717, 1.165) is 5.56 Å². The number of carbonyl (C=O) groups is 1. The summed E-state index contributed by atoms with van der Waals surface area (Å²) in [4.78, 5) is 18.0. The summed E-state index contributed by atoms with van der Waals surface area (Å²) in [5.74, 6) is 0.140. The lowest BCUT2D eigenvalue weighted by atomic mass is 10.1. The number of furan rings is 1. The fraction of sp³-hybridized carbons (Fsp3) is 0.292. The molecule has 0 atom stereocenters. The number of nitrogens with one attached hydrogen (secondary N) is 1. The minimum Gasteiger partial charge on any atom is -0.467 e. The van der Waals surface area contributed by atoms with Crippen molar-refractivity contribution < 1.29 is 22.4 Å². The van der Waals surface area contributed by atoms with Gasteiger partial charge >= 0.3 is 0 Å². The molecule has 1 aliphatic rings. The molecule has 1 saturated heterocycles. The number of nitrogens with zero attached hydrogens (tertiary/aromatic N) is 4. The van der Waals surface area contributed by atoms with Crippen LogP contribution in [0.2, 0.25) is 0 Å². The summed E-state index contributed by atoms with van der Waals surface area (Å²) >= 11 is 0.